The molecule has 0 aromatic heterocycles. The highest BCUT2D eigenvalue weighted by Crippen LogP contribution is 2.25. The number of esters is 2. The molecule has 0 N–H and O–H groups in total. The Morgan fingerprint density at radius 2 is 1.84 bits per heavy atom. The van der Waals surface area contributed by atoms with Gasteiger partial charge in [0.1, 0.15) is 0 Å². The topological polar surface area (TPSA) is 113 Å². The molecule has 8 heteroatoms. The Morgan fingerprint density at radius 1 is 1.24 bits per heavy atom. The molecule has 0 radical (unpaired) electrons. The summed E-state index contributed by atoms with van der Waals surface area (Å²) in [7, 11) is 0. The Labute approximate surface area is 144 Å². The predicted molar refractivity (Wildman–Crippen MR) is 85.5 cm³/mol. The molecule has 0 amide bonds. The highest BCUT2D eigenvalue weighted by Gasteiger charge is 2.46. The van der Waals surface area contributed by atoms with Crippen LogP contribution in [0.15, 0.2) is 18.2 Å². The van der Waals surface area contributed by atoms with Gasteiger partial charge in [-0.3, -0.25) is 24.5 Å². The molecule has 1 aliphatic heterocycles. The normalized spacial score (nSPS) is 16.9. The van der Waals surface area contributed by atoms with Gasteiger partial charge in [0.15, 0.2) is 5.78 Å². The van der Waals surface area contributed by atoms with Gasteiger partial charge in [-0.15, -0.1) is 0 Å². The Morgan fingerprint density at radius 3 is 2.40 bits per heavy atom. The summed E-state index contributed by atoms with van der Waals surface area (Å²) >= 11 is 0. The average Bonchev–Trinajstić information content (AvgIpc) is 2.46. The number of ether oxygens (including phenoxy) is 2. The molecule has 8 nitrogen and oxygen atoms in total. The van der Waals surface area contributed by atoms with Crippen molar-refractivity contribution in [1.82, 2.24) is 0 Å². The van der Waals surface area contributed by atoms with E-state index >= 15 is 0 Å². The molecule has 134 valence electrons. The first-order chi connectivity index (χ1) is 11.6. The zero-order valence-electron chi connectivity index (χ0n) is 14.2. The fraction of sp³-hybridized carbons (Fsp3) is 0.471. The number of hydrogen-bond acceptors (Lipinski definition) is 7. The smallest absolute Gasteiger partial charge is 0.331 e. The van der Waals surface area contributed by atoms with Gasteiger partial charge in [-0.1, -0.05) is 6.07 Å². The number of rotatable bonds is 6. The summed E-state index contributed by atoms with van der Waals surface area (Å²) in [6, 6.07) is 4.53. The fourth-order valence-corrected chi connectivity index (χ4v) is 2.62. The number of nitro benzene ring substituents is 1. The Hall–Kier alpha value is -2.77. The van der Waals surface area contributed by atoms with E-state index in [0.29, 0.717) is 12.8 Å². The summed E-state index contributed by atoms with van der Waals surface area (Å²) in [4.78, 5) is 46.2. The number of aryl methyl sites for hydroxylation is 2. The molecular formula is C17H19NO7. The van der Waals surface area contributed by atoms with Gasteiger partial charge < -0.3 is 9.47 Å². The monoisotopic (exact) mass is 349 g/mol. The molecule has 0 bridgehead atoms. The summed E-state index contributed by atoms with van der Waals surface area (Å²) < 4.78 is 9.85. The highest BCUT2D eigenvalue weighted by atomic mass is 16.7. The van der Waals surface area contributed by atoms with E-state index in [1.54, 1.807) is 6.07 Å². The van der Waals surface area contributed by atoms with Gasteiger partial charge in [0.25, 0.3) is 11.5 Å². The van der Waals surface area contributed by atoms with E-state index in [4.69, 9.17) is 9.47 Å². The maximum atomic E-state index is 12.2. The summed E-state index contributed by atoms with van der Waals surface area (Å²) in [5.41, 5.74) is 1.60. The number of non-ortho nitro benzene ring substituents is 1. The van der Waals surface area contributed by atoms with Crippen molar-refractivity contribution in [2.24, 2.45) is 5.92 Å². The largest absolute Gasteiger partial charge is 0.422 e. The van der Waals surface area contributed by atoms with Crippen molar-refractivity contribution < 1.29 is 28.8 Å². The average molecular weight is 349 g/mol. The van der Waals surface area contributed by atoms with Crippen LogP contribution < -0.4 is 0 Å². The van der Waals surface area contributed by atoms with Crippen LogP contribution in [0.5, 0.6) is 0 Å². The van der Waals surface area contributed by atoms with Crippen LogP contribution in [0.4, 0.5) is 5.69 Å². The van der Waals surface area contributed by atoms with Gasteiger partial charge in [-0.05, 0) is 30.9 Å². The SMILES string of the molecule is Cc1ccc([N+](=O)[O-])cc1CCCC(=O)C1C(=O)OC(C)(C)OC1=O. The Bertz CT molecular complexity index is 719. The van der Waals surface area contributed by atoms with Gasteiger partial charge in [-0.25, -0.2) is 0 Å². The van der Waals surface area contributed by atoms with Gasteiger partial charge >= 0.3 is 11.9 Å². The summed E-state index contributed by atoms with van der Waals surface area (Å²) in [6.07, 6.45) is 0.736. The van der Waals surface area contributed by atoms with Gasteiger partial charge in [0.05, 0.1) is 4.92 Å². The predicted octanol–water partition coefficient (Wildman–Crippen LogP) is 2.25. The van der Waals surface area contributed by atoms with E-state index in [-0.39, 0.29) is 12.1 Å². The molecular weight excluding hydrogens is 330 g/mol. The van der Waals surface area contributed by atoms with Crippen LogP contribution in [-0.2, 0) is 30.3 Å². The first-order valence-corrected chi connectivity index (χ1v) is 7.83. The minimum atomic E-state index is -1.56. The number of nitrogens with zero attached hydrogens (tertiary/aromatic N) is 1. The summed E-state index contributed by atoms with van der Waals surface area (Å²) in [5.74, 6) is -5.31. The molecule has 1 aliphatic rings. The lowest BCUT2D eigenvalue weighted by Gasteiger charge is -2.32. The number of benzene rings is 1. The van der Waals surface area contributed by atoms with E-state index in [9.17, 15) is 24.5 Å². The van der Waals surface area contributed by atoms with Crippen LogP contribution in [-0.4, -0.2) is 28.4 Å². The van der Waals surface area contributed by atoms with Crippen LogP contribution in [0.1, 0.15) is 37.8 Å². The second-order valence-electron chi connectivity index (χ2n) is 6.36. The van der Waals surface area contributed by atoms with Crippen LogP contribution in [0.3, 0.4) is 0 Å². The first-order valence-electron chi connectivity index (χ1n) is 7.83. The second-order valence-corrected chi connectivity index (χ2v) is 6.36. The number of nitro groups is 1. The molecule has 0 saturated carbocycles. The van der Waals surface area contributed by atoms with E-state index in [1.165, 1.54) is 26.0 Å². The lowest BCUT2D eigenvalue weighted by molar-refractivity contribution is -0.384. The van der Waals surface area contributed by atoms with Crippen molar-refractivity contribution in [2.75, 3.05) is 0 Å². The Balaban J connectivity index is 1.97. The number of Topliss-reactive ketones (excluding diaryl/α,β-unsaturated/α-hetero) is 1. The van der Waals surface area contributed by atoms with Crippen molar-refractivity contribution in [2.45, 2.75) is 45.8 Å². The second kappa shape index (κ2) is 7.00. The zero-order valence-corrected chi connectivity index (χ0v) is 14.2. The number of carbonyl (C=O) groups is 3. The lowest BCUT2D eigenvalue weighted by Crippen LogP contribution is -2.49. The zero-order chi connectivity index (χ0) is 18.8. The van der Waals surface area contributed by atoms with Gasteiger partial charge in [0.2, 0.25) is 5.92 Å². The van der Waals surface area contributed by atoms with Crippen molar-refractivity contribution in [3.63, 3.8) is 0 Å². The minimum Gasteiger partial charge on any atom is -0.422 e. The van der Waals surface area contributed by atoms with Crippen molar-refractivity contribution in [3.05, 3.63) is 39.4 Å². The van der Waals surface area contributed by atoms with E-state index in [2.05, 4.69) is 0 Å². The lowest BCUT2D eigenvalue weighted by atomic mass is 9.96. The molecule has 1 fully saturated rings. The minimum absolute atomic E-state index is 0.0198. The molecule has 1 aromatic carbocycles. The summed E-state index contributed by atoms with van der Waals surface area (Å²) in [6.45, 7) is 4.64. The maximum Gasteiger partial charge on any atom is 0.331 e. The molecule has 0 aliphatic carbocycles. The number of carbonyl (C=O) groups excluding carboxylic acids is 3. The van der Waals surface area contributed by atoms with E-state index < -0.39 is 34.4 Å². The number of ketones is 1. The van der Waals surface area contributed by atoms with Crippen molar-refractivity contribution >= 4 is 23.4 Å². The number of hydrogen-bond donors (Lipinski definition) is 0. The third kappa shape index (κ3) is 4.40. The maximum absolute atomic E-state index is 12.2. The fourth-order valence-electron chi connectivity index (χ4n) is 2.62. The quantitative estimate of drug-likeness (QED) is 0.335. The molecule has 1 aromatic rings. The molecule has 0 atom stereocenters. The standard InChI is InChI=1S/C17H19NO7/c1-10-7-8-12(18(22)23)9-11(10)5-4-6-13(19)14-15(20)24-17(2,3)25-16(14)21/h7-9,14H,4-6H2,1-3H3. The van der Waals surface area contributed by atoms with E-state index in [1.807, 2.05) is 6.92 Å². The first kappa shape index (κ1) is 18.6. The number of cyclic esters (lactones) is 2. The molecule has 0 unspecified atom stereocenters. The summed E-state index contributed by atoms with van der Waals surface area (Å²) in [5, 5.41) is 10.8. The van der Waals surface area contributed by atoms with Crippen molar-refractivity contribution in [3.8, 4) is 0 Å². The highest BCUT2D eigenvalue weighted by molar-refractivity contribution is 6.15. The molecule has 0 spiro atoms. The third-order valence-corrected chi connectivity index (χ3v) is 3.90. The van der Waals surface area contributed by atoms with Crippen molar-refractivity contribution in [1.29, 1.82) is 0 Å². The van der Waals surface area contributed by atoms with Crippen LogP contribution >= 0.6 is 0 Å². The van der Waals surface area contributed by atoms with Crippen LogP contribution in [0, 0.1) is 23.0 Å². The third-order valence-electron chi connectivity index (χ3n) is 3.90. The molecule has 2 rings (SSSR count). The Kier molecular flexibility index (Phi) is 5.20. The van der Waals surface area contributed by atoms with Crippen LogP contribution in [0.2, 0.25) is 0 Å². The molecule has 1 heterocycles. The van der Waals surface area contributed by atoms with E-state index in [0.717, 1.165) is 11.1 Å². The van der Waals surface area contributed by atoms with Crippen LogP contribution in [0.25, 0.3) is 0 Å². The molecule has 1 saturated heterocycles. The molecule has 25 heavy (non-hydrogen) atoms. The van der Waals surface area contributed by atoms with Gasteiger partial charge in [-0.2, -0.15) is 0 Å². The van der Waals surface area contributed by atoms with Gasteiger partial charge in [0, 0.05) is 32.4 Å².